The van der Waals surface area contributed by atoms with Crippen LogP contribution in [0.25, 0.3) is 5.69 Å². The number of rotatable bonds is 8. The van der Waals surface area contributed by atoms with Crippen molar-refractivity contribution >= 4 is 11.7 Å². The molecule has 0 aliphatic heterocycles. The van der Waals surface area contributed by atoms with Gasteiger partial charge in [-0.3, -0.25) is 4.68 Å². The van der Waals surface area contributed by atoms with Crippen molar-refractivity contribution in [3.8, 4) is 5.69 Å². The highest BCUT2D eigenvalue weighted by Crippen LogP contribution is 2.13. The molecule has 0 saturated heterocycles. The maximum absolute atomic E-state index is 12.2. The molecule has 0 bridgehead atoms. The summed E-state index contributed by atoms with van der Waals surface area (Å²) < 4.78 is 4.00. The van der Waals surface area contributed by atoms with Gasteiger partial charge in [0, 0.05) is 23.7 Å². The predicted molar refractivity (Wildman–Crippen MR) is 123 cm³/mol. The van der Waals surface area contributed by atoms with Crippen LogP contribution in [0.1, 0.15) is 18.3 Å². The molecule has 3 rings (SSSR count). The van der Waals surface area contributed by atoms with E-state index in [0.717, 1.165) is 21.3 Å². The molecule has 164 valence electrons. The van der Waals surface area contributed by atoms with Gasteiger partial charge in [-0.2, -0.15) is 5.10 Å². The molecule has 0 saturated carbocycles. The second-order valence-corrected chi connectivity index (χ2v) is 7.18. The Labute approximate surface area is 186 Å². The maximum Gasteiger partial charge on any atom is 0.371 e. The average Bonchev–Trinajstić information content (AvgIpc) is 3.20. The van der Waals surface area contributed by atoms with E-state index < -0.39 is 0 Å². The molecule has 0 spiro atoms. The van der Waals surface area contributed by atoms with Crippen molar-refractivity contribution in [1.29, 1.82) is 0 Å². The molecule has 2 aromatic heterocycles. The molecule has 2 amide bonds. The number of carbonyl (C=O) groups is 1. The third-order valence-corrected chi connectivity index (χ3v) is 4.48. The van der Waals surface area contributed by atoms with Crippen molar-refractivity contribution < 1.29 is 9.22 Å². The summed E-state index contributed by atoms with van der Waals surface area (Å²) in [7, 11) is 1.81. The van der Waals surface area contributed by atoms with Crippen molar-refractivity contribution in [2.45, 2.75) is 13.3 Å². The van der Waals surface area contributed by atoms with Crippen LogP contribution in [0, 0.1) is 4.91 Å². The zero-order valence-corrected chi connectivity index (χ0v) is 18.1. The molecule has 0 fully saturated rings. The minimum Gasteiger partial charge on any atom is -0.334 e. The van der Waals surface area contributed by atoms with Gasteiger partial charge in [-0.1, -0.05) is 53.5 Å². The summed E-state index contributed by atoms with van der Waals surface area (Å²) >= 11 is 0. The second-order valence-electron chi connectivity index (χ2n) is 7.18. The molecule has 2 heterocycles. The Hall–Kier alpha value is -4.27. The SMILES string of the molecule is C=CC=CC=C(C)CNC(=O)Nc1cccc(Cc2nn(-c3cnn(C)c3)cc[n+]2=O)c1. The molecule has 9 heteroatoms. The van der Waals surface area contributed by atoms with Gasteiger partial charge in [-0.25, -0.2) is 4.79 Å². The van der Waals surface area contributed by atoms with Crippen LogP contribution < -0.4 is 15.1 Å². The van der Waals surface area contributed by atoms with Gasteiger partial charge in [0.15, 0.2) is 6.20 Å². The lowest BCUT2D eigenvalue weighted by Crippen LogP contribution is -2.30. The number of aromatic nitrogens is 5. The van der Waals surface area contributed by atoms with E-state index in [2.05, 4.69) is 27.4 Å². The van der Waals surface area contributed by atoms with Crippen molar-refractivity contribution in [2.75, 3.05) is 11.9 Å². The van der Waals surface area contributed by atoms with E-state index in [4.69, 9.17) is 0 Å². The highest BCUT2D eigenvalue weighted by molar-refractivity contribution is 5.89. The van der Waals surface area contributed by atoms with Crippen LogP contribution in [0.15, 0.2) is 85.5 Å². The Kier molecular flexibility index (Phi) is 7.47. The lowest BCUT2D eigenvalue weighted by molar-refractivity contribution is -0.510. The van der Waals surface area contributed by atoms with E-state index >= 15 is 0 Å². The van der Waals surface area contributed by atoms with Crippen LogP contribution in [-0.4, -0.2) is 32.1 Å². The monoisotopic (exact) mass is 432 g/mol. The first kappa shape index (κ1) is 22.4. The molecule has 32 heavy (non-hydrogen) atoms. The van der Waals surface area contributed by atoms with E-state index in [0.29, 0.717) is 24.5 Å². The molecule has 0 unspecified atom stereocenters. The number of urea groups is 1. The largest absolute Gasteiger partial charge is 0.371 e. The number of benzene rings is 1. The number of hydrogen-bond donors (Lipinski definition) is 2. The standard InChI is InChI=1S/C23H25N7O2/c1-4-5-6-8-18(2)15-24-23(31)26-20-10-7-9-19(13-20)14-22-27-29(11-12-30(22)32)21-16-25-28(3)17-21/h4-13,16-17H,1,14-15H2,2-3H3,(H-,24,26,31)/p+1. The Bertz CT molecular complexity index is 1220. The number of nitrogens with one attached hydrogen (secondary N) is 2. The van der Waals surface area contributed by atoms with Gasteiger partial charge in [0.2, 0.25) is 0 Å². The molecule has 1 aromatic carbocycles. The zero-order chi connectivity index (χ0) is 22.9. The van der Waals surface area contributed by atoms with Gasteiger partial charge in [0.25, 0.3) is 0 Å². The highest BCUT2D eigenvalue weighted by Gasteiger charge is 2.16. The minimum atomic E-state index is -0.311. The number of amides is 2. The molecule has 0 aliphatic rings. The smallest absolute Gasteiger partial charge is 0.334 e. The number of nitrogens with zero attached hydrogens (tertiary/aromatic N) is 5. The van der Waals surface area contributed by atoms with E-state index in [1.807, 2.05) is 56.6 Å². The van der Waals surface area contributed by atoms with E-state index in [1.165, 1.54) is 6.20 Å². The van der Waals surface area contributed by atoms with Crippen molar-refractivity contribution in [3.05, 3.63) is 102 Å². The third-order valence-electron chi connectivity index (χ3n) is 4.48. The Morgan fingerprint density at radius 1 is 1.31 bits per heavy atom. The molecular formula is C23H26N7O2+. The molecule has 3 aromatic rings. The van der Waals surface area contributed by atoms with Gasteiger partial charge in [-0.15, -0.1) is 4.68 Å². The highest BCUT2D eigenvalue weighted by atomic mass is 16.3. The molecule has 0 atom stereocenters. The Balaban J connectivity index is 1.66. The molecule has 0 aliphatic carbocycles. The Morgan fingerprint density at radius 2 is 2.16 bits per heavy atom. The average molecular weight is 433 g/mol. The van der Waals surface area contributed by atoms with Gasteiger partial charge in [0.05, 0.1) is 30.1 Å². The second kappa shape index (κ2) is 10.7. The van der Waals surface area contributed by atoms with Gasteiger partial charge >= 0.3 is 11.9 Å². The van der Waals surface area contributed by atoms with E-state index in [1.54, 1.807) is 33.9 Å². The molecule has 2 N–H and O–H groups in total. The van der Waals surface area contributed by atoms with Crippen LogP contribution in [0.5, 0.6) is 0 Å². The van der Waals surface area contributed by atoms with Gasteiger partial charge < -0.3 is 10.6 Å². The normalized spacial score (nSPS) is 11.5. The number of carbonyl (C=O) groups excluding carboxylic acids is 1. The zero-order valence-electron chi connectivity index (χ0n) is 18.1. The number of anilines is 1. The van der Waals surface area contributed by atoms with Crippen LogP contribution in [-0.2, 0) is 13.5 Å². The van der Waals surface area contributed by atoms with Crippen LogP contribution >= 0.6 is 0 Å². The van der Waals surface area contributed by atoms with Crippen molar-refractivity contribution in [1.82, 2.24) is 24.9 Å². The molecule has 9 nitrogen and oxygen atoms in total. The third kappa shape index (κ3) is 6.36. The first-order chi connectivity index (χ1) is 15.4. The van der Waals surface area contributed by atoms with E-state index in [9.17, 15) is 9.70 Å². The quantitative estimate of drug-likeness (QED) is 0.422. The number of hydrogen-bond acceptors (Lipinski definition) is 4. The number of allylic oxidation sites excluding steroid dienone is 4. The fourth-order valence-electron chi connectivity index (χ4n) is 2.89. The summed E-state index contributed by atoms with van der Waals surface area (Å²) in [6, 6.07) is 7.00. The maximum atomic E-state index is 12.2. The van der Waals surface area contributed by atoms with Gasteiger partial charge in [0.1, 0.15) is 5.69 Å². The van der Waals surface area contributed by atoms with E-state index in [-0.39, 0.29) is 6.03 Å². The first-order valence-corrected chi connectivity index (χ1v) is 10.0. The summed E-state index contributed by atoms with van der Waals surface area (Å²) in [5.41, 5.74) is 3.23. The summed E-state index contributed by atoms with van der Waals surface area (Å²) in [4.78, 5) is 24.5. The minimum absolute atomic E-state index is 0.305. The van der Waals surface area contributed by atoms with Crippen molar-refractivity contribution in [2.24, 2.45) is 7.05 Å². The van der Waals surface area contributed by atoms with Crippen molar-refractivity contribution in [3.63, 3.8) is 0 Å². The fourth-order valence-corrected chi connectivity index (χ4v) is 2.89. The summed E-state index contributed by atoms with van der Waals surface area (Å²) in [6.45, 7) is 5.96. The van der Waals surface area contributed by atoms with Crippen LogP contribution in [0.2, 0.25) is 0 Å². The van der Waals surface area contributed by atoms with Gasteiger partial charge in [-0.05, 0) is 24.6 Å². The molecule has 0 radical (unpaired) electrons. The lowest BCUT2D eigenvalue weighted by Gasteiger charge is -2.08. The Morgan fingerprint density at radius 3 is 2.91 bits per heavy atom. The summed E-state index contributed by atoms with van der Waals surface area (Å²) in [5.74, 6) is 0.325. The lowest BCUT2D eigenvalue weighted by atomic mass is 10.1. The molecular weight excluding hydrogens is 406 g/mol. The summed E-state index contributed by atoms with van der Waals surface area (Å²) in [6.07, 6.45) is 14.1. The van der Waals surface area contributed by atoms with Crippen LogP contribution in [0.3, 0.4) is 0 Å². The van der Waals surface area contributed by atoms with Crippen LogP contribution in [0.4, 0.5) is 10.5 Å². The number of aryl methyl sites for hydroxylation is 1. The summed E-state index contributed by atoms with van der Waals surface area (Å²) in [5, 5.41) is 14.2. The fraction of sp³-hybridized carbons (Fsp3) is 0.174. The first-order valence-electron chi connectivity index (χ1n) is 10.0. The topological polar surface area (TPSA) is 99.7 Å². The predicted octanol–water partition coefficient (Wildman–Crippen LogP) is 2.92.